The minimum Gasteiger partial charge on any atom is -0.484 e. The van der Waals surface area contributed by atoms with Gasteiger partial charge < -0.3 is 9.30 Å². The average Bonchev–Trinajstić information content (AvgIpc) is 3.02. The molecule has 2 nitrogen and oxygen atoms in total. The molecule has 0 radical (unpaired) electrons. The number of para-hydroxylation sites is 2. The fourth-order valence-electron chi connectivity index (χ4n) is 4.48. The Morgan fingerprint density at radius 3 is 2.39 bits per heavy atom. The summed E-state index contributed by atoms with van der Waals surface area (Å²) >= 11 is 0. The Hall–Kier alpha value is -3.52. The number of hydrogen-bond acceptors (Lipinski definition) is 1. The molecule has 2 heterocycles. The van der Waals surface area contributed by atoms with Gasteiger partial charge in [0.15, 0.2) is 0 Å². The standard InChI is InChI=1S/C26H19NO/c1-17-20-11-7-12-22-21-10-5-6-13-23(21)27(26(20)22)24-15-14-19(16-25(24)28-17)18-8-3-2-4-9-18/h2-17H,1H3. The van der Waals surface area contributed by atoms with Crippen molar-refractivity contribution in [3.8, 4) is 22.6 Å². The van der Waals surface area contributed by atoms with E-state index in [4.69, 9.17) is 4.74 Å². The SMILES string of the molecule is CC1Oc2cc(-c3ccccc3)ccc2-n2c3ccccc3c3cccc1c32. The maximum absolute atomic E-state index is 6.48. The van der Waals surface area contributed by atoms with Gasteiger partial charge in [-0.3, -0.25) is 0 Å². The second-order valence-electron chi connectivity index (χ2n) is 7.40. The Bertz CT molecular complexity index is 1350. The molecule has 2 heteroatoms. The van der Waals surface area contributed by atoms with Crippen molar-refractivity contribution in [3.63, 3.8) is 0 Å². The number of nitrogens with zero attached hydrogens (tertiary/aromatic N) is 1. The lowest BCUT2D eigenvalue weighted by Gasteiger charge is -2.16. The van der Waals surface area contributed by atoms with Gasteiger partial charge in [0.25, 0.3) is 0 Å². The lowest BCUT2D eigenvalue weighted by molar-refractivity contribution is 0.230. The Labute approximate surface area is 163 Å². The molecule has 0 N–H and O–H groups in total. The molecule has 5 aromatic rings. The van der Waals surface area contributed by atoms with Gasteiger partial charge in [0.1, 0.15) is 11.9 Å². The van der Waals surface area contributed by atoms with Crippen LogP contribution in [0.15, 0.2) is 91.0 Å². The van der Waals surface area contributed by atoms with Crippen molar-refractivity contribution in [2.24, 2.45) is 0 Å². The van der Waals surface area contributed by atoms with Crippen molar-refractivity contribution >= 4 is 21.8 Å². The van der Waals surface area contributed by atoms with E-state index in [2.05, 4.69) is 96.4 Å². The van der Waals surface area contributed by atoms with Crippen LogP contribution in [0.25, 0.3) is 38.6 Å². The molecule has 0 fully saturated rings. The second kappa shape index (κ2) is 5.74. The highest BCUT2D eigenvalue weighted by Crippen LogP contribution is 2.43. The van der Waals surface area contributed by atoms with Crippen molar-refractivity contribution < 1.29 is 4.74 Å². The van der Waals surface area contributed by atoms with Crippen LogP contribution < -0.4 is 4.74 Å². The van der Waals surface area contributed by atoms with Crippen molar-refractivity contribution in [2.75, 3.05) is 0 Å². The molecule has 0 amide bonds. The Morgan fingerprint density at radius 1 is 0.714 bits per heavy atom. The number of fused-ring (bicyclic) bond motifs is 5. The van der Waals surface area contributed by atoms with Crippen molar-refractivity contribution in [1.82, 2.24) is 4.57 Å². The average molecular weight is 361 g/mol. The maximum atomic E-state index is 6.48. The summed E-state index contributed by atoms with van der Waals surface area (Å²) in [5, 5.41) is 2.56. The molecule has 0 aliphatic carbocycles. The van der Waals surface area contributed by atoms with Crippen LogP contribution >= 0.6 is 0 Å². The quantitative estimate of drug-likeness (QED) is 0.316. The molecule has 4 aromatic carbocycles. The van der Waals surface area contributed by atoms with E-state index >= 15 is 0 Å². The van der Waals surface area contributed by atoms with E-state index in [1.54, 1.807) is 0 Å². The van der Waals surface area contributed by atoms with Crippen LogP contribution in [-0.2, 0) is 0 Å². The molecule has 0 bridgehead atoms. The van der Waals surface area contributed by atoms with Gasteiger partial charge in [0.05, 0.1) is 16.7 Å². The summed E-state index contributed by atoms with van der Waals surface area (Å²) in [6, 6.07) is 32.2. The Kier molecular flexibility index (Phi) is 3.18. The van der Waals surface area contributed by atoms with Gasteiger partial charge in [-0.05, 0) is 36.2 Å². The van der Waals surface area contributed by atoms with Gasteiger partial charge in [-0.15, -0.1) is 0 Å². The highest BCUT2D eigenvalue weighted by Gasteiger charge is 2.25. The topological polar surface area (TPSA) is 14.2 Å². The van der Waals surface area contributed by atoms with Crippen molar-refractivity contribution in [2.45, 2.75) is 13.0 Å². The predicted octanol–water partition coefficient (Wildman–Crippen LogP) is 6.90. The van der Waals surface area contributed by atoms with E-state index in [1.807, 2.05) is 6.07 Å². The highest BCUT2D eigenvalue weighted by molar-refractivity contribution is 6.10. The van der Waals surface area contributed by atoms with Gasteiger partial charge >= 0.3 is 0 Å². The third-order valence-corrected chi connectivity index (χ3v) is 5.78. The summed E-state index contributed by atoms with van der Waals surface area (Å²) < 4.78 is 8.85. The zero-order valence-corrected chi connectivity index (χ0v) is 15.6. The molecular weight excluding hydrogens is 342 g/mol. The van der Waals surface area contributed by atoms with E-state index in [9.17, 15) is 0 Å². The summed E-state index contributed by atoms with van der Waals surface area (Å²) in [6.07, 6.45) is -0.0148. The van der Waals surface area contributed by atoms with Crippen LogP contribution in [0.2, 0.25) is 0 Å². The fraction of sp³-hybridized carbons (Fsp3) is 0.0769. The molecule has 0 spiro atoms. The van der Waals surface area contributed by atoms with Crippen LogP contribution in [0.1, 0.15) is 18.6 Å². The third-order valence-electron chi connectivity index (χ3n) is 5.78. The van der Waals surface area contributed by atoms with Gasteiger partial charge in [0, 0.05) is 16.3 Å². The van der Waals surface area contributed by atoms with Gasteiger partial charge in [-0.1, -0.05) is 72.8 Å². The van der Waals surface area contributed by atoms with Crippen LogP contribution in [0.3, 0.4) is 0 Å². The number of ether oxygens (including phenoxy) is 1. The first-order valence-corrected chi connectivity index (χ1v) is 9.70. The highest BCUT2D eigenvalue weighted by atomic mass is 16.5. The normalized spacial score (nSPS) is 15.2. The minimum atomic E-state index is -0.0148. The predicted molar refractivity (Wildman–Crippen MR) is 115 cm³/mol. The number of aromatic nitrogens is 1. The first kappa shape index (κ1) is 15.5. The second-order valence-corrected chi connectivity index (χ2v) is 7.40. The minimum absolute atomic E-state index is 0.0148. The van der Waals surface area contributed by atoms with Crippen LogP contribution in [0.5, 0.6) is 5.75 Å². The molecule has 134 valence electrons. The molecule has 0 saturated carbocycles. The van der Waals surface area contributed by atoms with Crippen LogP contribution in [0, 0.1) is 0 Å². The Morgan fingerprint density at radius 2 is 1.50 bits per heavy atom. The molecule has 1 aliphatic heterocycles. The number of hydrogen-bond donors (Lipinski definition) is 0. The maximum Gasteiger partial charge on any atom is 0.144 e. The lowest BCUT2D eigenvalue weighted by Crippen LogP contribution is -2.02. The summed E-state index contributed by atoms with van der Waals surface area (Å²) in [4.78, 5) is 0. The van der Waals surface area contributed by atoms with Crippen molar-refractivity contribution in [1.29, 1.82) is 0 Å². The van der Waals surface area contributed by atoms with E-state index < -0.39 is 0 Å². The molecular formula is C26H19NO. The summed E-state index contributed by atoms with van der Waals surface area (Å²) in [5.41, 5.74) is 7.17. The largest absolute Gasteiger partial charge is 0.484 e. The summed E-state index contributed by atoms with van der Waals surface area (Å²) in [5.74, 6) is 0.924. The smallest absolute Gasteiger partial charge is 0.144 e. The van der Waals surface area contributed by atoms with Crippen molar-refractivity contribution in [3.05, 3.63) is 96.6 Å². The first-order valence-electron chi connectivity index (χ1n) is 9.70. The number of rotatable bonds is 1. The summed E-state index contributed by atoms with van der Waals surface area (Å²) in [7, 11) is 0. The monoisotopic (exact) mass is 361 g/mol. The van der Waals surface area contributed by atoms with E-state index in [0.717, 1.165) is 11.4 Å². The Balaban J connectivity index is 1.71. The van der Waals surface area contributed by atoms with E-state index in [1.165, 1.54) is 38.5 Å². The van der Waals surface area contributed by atoms with E-state index in [0.29, 0.717) is 0 Å². The first-order chi connectivity index (χ1) is 13.8. The fourth-order valence-corrected chi connectivity index (χ4v) is 4.48. The van der Waals surface area contributed by atoms with Gasteiger partial charge in [-0.2, -0.15) is 0 Å². The molecule has 1 aromatic heterocycles. The van der Waals surface area contributed by atoms with E-state index in [-0.39, 0.29) is 6.10 Å². The zero-order valence-electron chi connectivity index (χ0n) is 15.6. The molecule has 28 heavy (non-hydrogen) atoms. The summed E-state index contributed by atoms with van der Waals surface area (Å²) in [6.45, 7) is 2.14. The molecule has 6 rings (SSSR count). The third kappa shape index (κ3) is 2.09. The van der Waals surface area contributed by atoms with Crippen LogP contribution in [0.4, 0.5) is 0 Å². The molecule has 1 atom stereocenters. The lowest BCUT2D eigenvalue weighted by atomic mass is 10.0. The van der Waals surface area contributed by atoms with Gasteiger partial charge in [-0.25, -0.2) is 0 Å². The molecule has 1 unspecified atom stereocenters. The molecule has 1 aliphatic rings. The number of benzene rings is 4. The van der Waals surface area contributed by atoms with Gasteiger partial charge in [0.2, 0.25) is 0 Å². The molecule has 0 saturated heterocycles. The zero-order chi connectivity index (χ0) is 18.7. The van der Waals surface area contributed by atoms with Crippen LogP contribution in [-0.4, -0.2) is 4.57 Å².